The second kappa shape index (κ2) is 73.0. The number of ether oxygens (including phenoxy) is 4. The van der Waals surface area contributed by atoms with E-state index in [0.717, 1.165) is 95.8 Å². The van der Waals surface area contributed by atoms with Crippen LogP contribution in [0.5, 0.6) is 0 Å². The molecule has 99 heavy (non-hydrogen) atoms. The Morgan fingerprint density at radius 1 is 0.283 bits per heavy atom. The fraction of sp³-hybridized carbons (Fsp3) is 0.950. The number of unbranched alkanes of at least 4 members (excludes halogenated alkanes) is 51. The van der Waals surface area contributed by atoms with Gasteiger partial charge in [0.25, 0.3) is 0 Å². The summed E-state index contributed by atoms with van der Waals surface area (Å²) < 4.78 is 68.6. The molecule has 19 heteroatoms. The first-order valence-electron chi connectivity index (χ1n) is 41.7. The number of aliphatic hydroxyl groups is 1. The van der Waals surface area contributed by atoms with Crippen LogP contribution in [0.4, 0.5) is 0 Å². The minimum Gasteiger partial charge on any atom is -0.462 e. The van der Waals surface area contributed by atoms with E-state index in [1.54, 1.807) is 0 Å². The van der Waals surface area contributed by atoms with Crippen LogP contribution in [0.25, 0.3) is 0 Å². The van der Waals surface area contributed by atoms with Crippen molar-refractivity contribution in [3.63, 3.8) is 0 Å². The monoisotopic (exact) mass is 1450 g/mol. The molecule has 588 valence electrons. The van der Waals surface area contributed by atoms with Crippen LogP contribution in [-0.2, 0) is 65.4 Å². The van der Waals surface area contributed by atoms with Crippen molar-refractivity contribution in [2.75, 3.05) is 39.6 Å². The van der Waals surface area contributed by atoms with Crippen LogP contribution in [-0.4, -0.2) is 96.7 Å². The van der Waals surface area contributed by atoms with E-state index in [1.165, 1.54) is 250 Å². The number of hydrogen-bond donors (Lipinski definition) is 3. The summed E-state index contributed by atoms with van der Waals surface area (Å²) in [6.45, 7) is 7.33. The molecule has 0 radical (unpaired) electrons. The van der Waals surface area contributed by atoms with E-state index in [1.807, 2.05) is 0 Å². The van der Waals surface area contributed by atoms with E-state index in [-0.39, 0.29) is 25.7 Å². The number of esters is 4. The van der Waals surface area contributed by atoms with Gasteiger partial charge in [0.15, 0.2) is 12.2 Å². The Morgan fingerprint density at radius 3 is 0.717 bits per heavy atom. The smallest absolute Gasteiger partial charge is 0.462 e. The van der Waals surface area contributed by atoms with E-state index < -0.39 is 97.5 Å². The van der Waals surface area contributed by atoms with Gasteiger partial charge >= 0.3 is 39.5 Å². The zero-order valence-electron chi connectivity index (χ0n) is 64.6. The molecule has 17 nitrogen and oxygen atoms in total. The van der Waals surface area contributed by atoms with E-state index in [0.29, 0.717) is 25.7 Å². The molecule has 0 saturated carbocycles. The molecule has 3 N–H and O–H groups in total. The molecular weight excluding hydrogens is 1290 g/mol. The zero-order valence-corrected chi connectivity index (χ0v) is 66.4. The summed E-state index contributed by atoms with van der Waals surface area (Å²) in [5.74, 6) is -1.30. The molecule has 0 aromatic heterocycles. The third-order valence-corrected chi connectivity index (χ3v) is 21.0. The molecule has 3 unspecified atom stereocenters. The van der Waals surface area contributed by atoms with Crippen LogP contribution in [0.15, 0.2) is 0 Å². The Morgan fingerprint density at radius 2 is 0.485 bits per heavy atom. The van der Waals surface area contributed by atoms with Gasteiger partial charge in [0.2, 0.25) is 0 Å². The number of hydrogen-bond acceptors (Lipinski definition) is 15. The lowest BCUT2D eigenvalue weighted by molar-refractivity contribution is -0.161. The maximum Gasteiger partial charge on any atom is 0.472 e. The van der Waals surface area contributed by atoms with Crippen LogP contribution in [0.2, 0.25) is 0 Å². The Balaban J connectivity index is 5.19. The summed E-state index contributed by atoms with van der Waals surface area (Å²) in [4.78, 5) is 72.9. The van der Waals surface area contributed by atoms with Gasteiger partial charge in [-0.3, -0.25) is 37.3 Å². The molecule has 0 aliphatic rings. The highest BCUT2D eigenvalue weighted by molar-refractivity contribution is 7.47. The van der Waals surface area contributed by atoms with Crippen molar-refractivity contribution in [1.82, 2.24) is 0 Å². The van der Waals surface area contributed by atoms with Gasteiger partial charge < -0.3 is 33.8 Å². The first kappa shape index (κ1) is 97.1. The SMILES string of the molecule is CCCCCCCCCCCCCCCCCCCCCCCCC(=O)O[C@H](COC(=O)CCCCCCCCCCCCC(C)CC)COP(=O)(O)OC[C@@H](O)COP(=O)(O)OC[C@@H](COC(=O)CCCCCCCCCCC)OC(=O)CCCCCCCCCCCCCCCC. The Hall–Kier alpha value is -1.94. The van der Waals surface area contributed by atoms with Gasteiger partial charge in [-0.15, -0.1) is 0 Å². The average Bonchev–Trinajstić information content (AvgIpc) is 0.980. The van der Waals surface area contributed by atoms with Crippen molar-refractivity contribution in [2.45, 2.75) is 445 Å². The van der Waals surface area contributed by atoms with Gasteiger partial charge in [0.1, 0.15) is 19.3 Å². The van der Waals surface area contributed by atoms with Crippen molar-refractivity contribution in [1.29, 1.82) is 0 Å². The van der Waals surface area contributed by atoms with E-state index in [9.17, 15) is 43.2 Å². The fourth-order valence-corrected chi connectivity index (χ4v) is 14.0. The zero-order chi connectivity index (χ0) is 72.7. The maximum absolute atomic E-state index is 13.1. The van der Waals surface area contributed by atoms with Crippen LogP contribution in [0.3, 0.4) is 0 Å². The van der Waals surface area contributed by atoms with Crippen molar-refractivity contribution in [3.05, 3.63) is 0 Å². The summed E-state index contributed by atoms with van der Waals surface area (Å²) in [5.41, 5.74) is 0. The second-order valence-electron chi connectivity index (χ2n) is 29.1. The largest absolute Gasteiger partial charge is 0.472 e. The lowest BCUT2D eigenvalue weighted by Gasteiger charge is -2.21. The molecule has 0 aliphatic carbocycles. The lowest BCUT2D eigenvalue weighted by atomic mass is 9.99. The fourth-order valence-electron chi connectivity index (χ4n) is 12.4. The van der Waals surface area contributed by atoms with E-state index >= 15 is 0 Å². The predicted molar refractivity (Wildman–Crippen MR) is 405 cm³/mol. The Kier molecular flexibility index (Phi) is 71.6. The number of phosphoric ester groups is 2. The molecule has 0 saturated heterocycles. The first-order valence-corrected chi connectivity index (χ1v) is 44.7. The molecule has 0 aromatic carbocycles. The Bertz CT molecular complexity index is 1890. The van der Waals surface area contributed by atoms with Crippen molar-refractivity contribution < 1.29 is 80.2 Å². The number of carbonyl (C=O) groups excluding carboxylic acids is 4. The number of carbonyl (C=O) groups is 4. The molecule has 0 aromatic rings. The van der Waals surface area contributed by atoms with Crippen molar-refractivity contribution in [3.8, 4) is 0 Å². The summed E-state index contributed by atoms with van der Waals surface area (Å²) >= 11 is 0. The second-order valence-corrected chi connectivity index (χ2v) is 32.0. The standard InChI is InChI=1S/C80H156O17P2/c1-6-10-13-16-19-22-24-26-28-29-30-31-32-33-34-35-37-39-46-51-56-61-66-80(85)97-76(70-91-78(83)64-59-54-49-44-41-40-43-47-52-57-62-73(5)9-4)72-95-99(88,89)93-68-74(81)67-92-98(86,87)94-71-75(69-90-77(82)63-58-53-48-42-21-18-15-12-8-3)96-79(84)65-60-55-50-45-38-36-27-25-23-20-17-14-11-7-2/h73-76,81H,6-72H2,1-5H3,(H,86,87)(H,88,89)/t73?,74-,75+,76+/m0/s1. The van der Waals surface area contributed by atoms with Gasteiger partial charge in [-0.05, 0) is 31.6 Å². The van der Waals surface area contributed by atoms with Crippen LogP contribution >= 0.6 is 15.6 Å². The third-order valence-electron chi connectivity index (χ3n) is 19.1. The number of phosphoric acid groups is 2. The van der Waals surface area contributed by atoms with Crippen LogP contribution in [0.1, 0.15) is 426 Å². The molecule has 6 atom stereocenters. The quantitative estimate of drug-likeness (QED) is 0.0222. The van der Waals surface area contributed by atoms with Crippen LogP contribution < -0.4 is 0 Å². The Labute approximate surface area is 607 Å². The molecule has 0 amide bonds. The van der Waals surface area contributed by atoms with Gasteiger partial charge in [0.05, 0.1) is 26.4 Å². The topological polar surface area (TPSA) is 237 Å². The first-order chi connectivity index (χ1) is 48.1. The molecule has 0 spiro atoms. The van der Waals surface area contributed by atoms with Gasteiger partial charge in [0, 0.05) is 25.7 Å². The van der Waals surface area contributed by atoms with Gasteiger partial charge in [-0.1, -0.05) is 375 Å². The van der Waals surface area contributed by atoms with Gasteiger partial charge in [-0.25, -0.2) is 9.13 Å². The van der Waals surface area contributed by atoms with Crippen molar-refractivity contribution >= 4 is 39.5 Å². The average molecular weight is 1450 g/mol. The third kappa shape index (κ3) is 72.8. The minimum atomic E-state index is -4.96. The minimum absolute atomic E-state index is 0.108. The molecule has 0 bridgehead atoms. The summed E-state index contributed by atoms with van der Waals surface area (Å²) in [6.07, 6.45) is 63.8. The van der Waals surface area contributed by atoms with Crippen molar-refractivity contribution in [2.24, 2.45) is 5.92 Å². The van der Waals surface area contributed by atoms with E-state index in [2.05, 4.69) is 34.6 Å². The molecule has 0 rings (SSSR count). The molecule has 0 heterocycles. The maximum atomic E-state index is 13.1. The summed E-state index contributed by atoms with van der Waals surface area (Å²) in [5, 5.41) is 10.6. The number of rotatable bonds is 80. The highest BCUT2D eigenvalue weighted by atomic mass is 31.2. The summed E-state index contributed by atoms with van der Waals surface area (Å²) in [7, 11) is -9.91. The molecular formula is C80H156O17P2. The highest BCUT2D eigenvalue weighted by Crippen LogP contribution is 2.45. The highest BCUT2D eigenvalue weighted by Gasteiger charge is 2.30. The summed E-state index contributed by atoms with van der Waals surface area (Å²) in [6, 6.07) is 0. The van der Waals surface area contributed by atoms with Gasteiger partial charge in [-0.2, -0.15) is 0 Å². The molecule has 0 fully saturated rings. The van der Waals surface area contributed by atoms with Crippen LogP contribution in [0, 0.1) is 5.92 Å². The normalized spacial score (nSPS) is 14.1. The van der Waals surface area contributed by atoms with E-state index in [4.69, 9.17) is 37.0 Å². The number of aliphatic hydroxyl groups excluding tert-OH is 1. The lowest BCUT2D eigenvalue weighted by Crippen LogP contribution is -2.30. The predicted octanol–water partition coefficient (Wildman–Crippen LogP) is 24.0. The molecule has 0 aliphatic heterocycles.